The minimum absolute atomic E-state index is 0.0819. The SMILES string of the molecule is COC(=O)N[C@H](C(=O)N1C[C@H](F)C[C@H]1c1ncc(-c2ccc(C#Cc3ccc4nc([C@@H]5C[C@@]6(CCCO6)CN5C(=O)[C@@H](C)C(C)C)[nH]c4c3)cc2)[nH]1)C(C)C. The summed E-state index contributed by atoms with van der Waals surface area (Å²) in [6.45, 7) is 11.0. The maximum Gasteiger partial charge on any atom is 0.407 e. The summed E-state index contributed by atoms with van der Waals surface area (Å²) in [6.07, 6.45) is 2.54. The van der Waals surface area contributed by atoms with Crippen LogP contribution in [0.2, 0.25) is 0 Å². The zero-order valence-corrected chi connectivity index (χ0v) is 32.3. The van der Waals surface area contributed by atoms with Gasteiger partial charge in [0, 0.05) is 36.5 Å². The van der Waals surface area contributed by atoms with Crippen molar-refractivity contribution in [2.24, 2.45) is 17.8 Å². The van der Waals surface area contributed by atoms with E-state index < -0.39 is 24.3 Å². The van der Waals surface area contributed by atoms with E-state index in [0.29, 0.717) is 12.4 Å². The summed E-state index contributed by atoms with van der Waals surface area (Å²) in [6, 6.07) is 12.0. The number of fused-ring (bicyclic) bond motifs is 1. The number of benzene rings is 2. The van der Waals surface area contributed by atoms with Gasteiger partial charge in [-0.25, -0.2) is 19.2 Å². The molecule has 3 amide bonds. The number of H-pyrrole nitrogens is 2. The van der Waals surface area contributed by atoms with Crippen LogP contribution in [0.15, 0.2) is 48.7 Å². The first-order valence-corrected chi connectivity index (χ1v) is 19.2. The number of nitrogens with one attached hydrogen (secondary N) is 3. The number of alkyl halides is 1. The molecular weight excluding hydrogens is 702 g/mol. The number of nitrogens with zero attached hydrogens (tertiary/aromatic N) is 4. The van der Waals surface area contributed by atoms with Crippen molar-refractivity contribution in [2.75, 3.05) is 26.8 Å². The smallest absolute Gasteiger partial charge is 0.407 e. The van der Waals surface area contributed by atoms with Gasteiger partial charge in [-0.05, 0) is 60.6 Å². The lowest BCUT2D eigenvalue weighted by Gasteiger charge is -2.29. The van der Waals surface area contributed by atoms with E-state index in [0.717, 1.165) is 65.1 Å². The summed E-state index contributed by atoms with van der Waals surface area (Å²) in [5.74, 6) is 7.46. The second-order valence-electron chi connectivity index (χ2n) is 15.9. The van der Waals surface area contributed by atoms with Crippen LogP contribution in [0.25, 0.3) is 22.3 Å². The van der Waals surface area contributed by atoms with Crippen LogP contribution in [-0.2, 0) is 19.1 Å². The predicted molar refractivity (Wildman–Crippen MR) is 205 cm³/mol. The third-order valence-electron chi connectivity index (χ3n) is 11.5. The lowest BCUT2D eigenvalue weighted by atomic mass is 9.96. The molecule has 13 heteroatoms. The average Bonchev–Trinajstić information content (AvgIpc) is 4.03. The highest BCUT2D eigenvalue weighted by molar-refractivity contribution is 5.86. The molecule has 3 N–H and O–H groups in total. The Morgan fingerprint density at radius 3 is 2.40 bits per heavy atom. The van der Waals surface area contributed by atoms with Gasteiger partial charge in [-0.3, -0.25) is 9.59 Å². The Labute approximate surface area is 321 Å². The van der Waals surface area contributed by atoms with E-state index in [2.05, 4.69) is 46.0 Å². The number of methoxy groups -OCH3 is 1. The Balaban J connectivity index is 1.05. The normalized spacial score (nSPS) is 23.4. The van der Waals surface area contributed by atoms with Gasteiger partial charge in [-0.1, -0.05) is 58.6 Å². The number of carbonyl (C=O) groups is 3. The van der Waals surface area contributed by atoms with Gasteiger partial charge in [0.05, 0.1) is 60.8 Å². The lowest BCUT2D eigenvalue weighted by molar-refractivity contribution is -0.138. The molecule has 4 aromatic rings. The first-order chi connectivity index (χ1) is 26.3. The number of aromatic nitrogens is 4. The van der Waals surface area contributed by atoms with Gasteiger partial charge < -0.3 is 34.6 Å². The van der Waals surface area contributed by atoms with E-state index in [-0.39, 0.29) is 54.2 Å². The predicted octanol–water partition coefficient (Wildman–Crippen LogP) is 6.46. The number of aromatic amines is 2. The molecule has 12 nitrogen and oxygen atoms in total. The molecule has 6 atom stereocenters. The third kappa shape index (κ3) is 7.83. The molecule has 0 saturated carbocycles. The summed E-state index contributed by atoms with van der Waals surface area (Å²) < 4.78 is 25.7. The third-order valence-corrected chi connectivity index (χ3v) is 11.5. The molecule has 55 heavy (non-hydrogen) atoms. The monoisotopic (exact) mass is 751 g/mol. The van der Waals surface area contributed by atoms with Crippen molar-refractivity contribution >= 4 is 28.9 Å². The van der Waals surface area contributed by atoms with Gasteiger partial charge in [0.15, 0.2) is 0 Å². The number of halogens is 1. The van der Waals surface area contributed by atoms with E-state index in [1.54, 1.807) is 6.20 Å². The molecule has 290 valence electrons. The zero-order valence-electron chi connectivity index (χ0n) is 32.3. The molecular formula is C42H50FN7O5. The minimum Gasteiger partial charge on any atom is -0.453 e. The van der Waals surface area contributed by atoms with E-state index in [9.17, 15) is 18.8 Å². The van der Waals surface area contributed by atoms with Gasteiger partial charge >= 0.3 is 6.09 Å². The fourth-order valence-electron chi connectivity index (χ4n) is 7.97. The van der Waals surface area contributed by atoms with E-state index in [4.69, 9.17) is 14.5 Å². The quantitative estimate of drug-likeness (QED) is 0.175. The maximum absolute atomic E-state index is 14.7. The Kier molecular flexibility index (Phi) is 10.7. The molecule has 3 aliphatic heterocycles. The van der Waals surface area contributed by atoms with Crippen LogP contribution in [0.3, 0.4) is 0 Å². The molecule has 7 rings (SSSR count). The molecule has 3 aliphatic rings. The van der Waals surface area contributed by atoms with Crippen LogP contribution in [0.4, 0.5) is 9.18 Å². The molecule has 2 aromatic heterocycles. The zero-order chi connectivity index (χ0) is 39.0. The Hall–Kier alpha value is -5.22. The van der Waals surface area contributed by atoms with Crippen LogP contribution >= 0.6 is 0 Å². The van der Waals surface area contributed by atoms with Crippen LogP contribution < -0.4 is 5.32 Å². The second-order valence-corrected chi connectivity index (χ2v) is 15.9. The molecule has 1 spiro atoms. The van der Waals surface area contributed by atoms with E-state index in [1.807, 2.05) is 68.1 Å². The summed E-state index contributed by atoms with van der Waals surface area (Å²) in [7, 11) is 1.23. The molecule has 3 saturated heterocycles. The molecule has 2 aromatic carbocycles. The fourth-order valence-corrected chi connectivity index (χ4v) is 7.97. The van der Waals surface area contributed by atoms with Gasteiger partial charge in [0.25, 0.3) is 0 Å². The second kappa shape index (κ2) is 15.5. The number of amides is 3. The average molecular weight is 752 g/mol. The molecule has 0 bridgehead atoms. The number of imidazole rings is 2. The topological polar surface area (TPSA) is 146 Å². The largest absolute Gasteiger partial charge is 0.453 e. The summed E-state index contributed by atoms with van der Waals surface area (Å²) in [4.78, 5) is 58.8. The van der Waals surface area contributed by atoms with Gasteiger partial charge in [0.1, 0.15) is 23.9 Å². The number of likely N-dealkylation sites (tertiary alicyclic amines) is 2. The number of rotatable bonds is 8. The fraction of sp³-hybridized carbons (Fsp3) is 0.500. The van der Waals surface area contributed by atoms with Crippen LogP contribution in [0, 0.1) is 29.6 Å². The summed E-state index contributed by atoms with van der Waals surface area (Å²) >= 11 is 0. The number of hydrogen-bond donors (Lipinski definition) is 3. The number of carbonyl (C=O) groups excluding carboxylic acids is 3. The van der Waals surface area contributed by atoms with Gasteiger partial charge in [0.2, 0.25) is 11.8 Å². The van der Waals surface area contributed by atoms with Gasteiger partial charge in [-0.2, -0.15) is 0 Å². The van der Waals surface area contributed by atoms with Gasteiger partial charge in [-0.15, -0.1) is 0 Å². The maximum atomic E-state index is 14.7. The highest BCUT2D eigenvalue weighted by Crippen LogP contribution is 2.45. The van der Waals surface area contributed by atoms with E-state index >= 15 is 0 Å². The summed E-state index contributed by atoms with van der Waals surface area (Å²) in [5, 5.41) is 2.59. The summed E-state index contributed by atoms with van der Waals surface area (Å²) in [5.41, 5.74) is 4.63. The molecule has 0 radical (unpaired) electrons. The van der Waals surface area contributed by atoms with Crippen molar-refractivity contribution in [3.8, 4) is 23.1 Å². The first-order valence-electron chi connectivity index (χ1n) is 19.2. The van der Waals surface area contributed by atoms with Crippen LogP contribution in [0.1, 0.15) is 95.2 Å². The first kappa shape index (κ1) is 38.1. The van der Waals surface area contributed by atoms with Crippen molar-refractivity contribution in [3.63, 3.8) is 0 Å². The number of alkyl carbamates (subject to hydrolysis) is 1. The standard InChI is InChI=1S/C42H50FN7O5/c1-24(2)26(5)39(51)50-23-42(16-7-17-55-42)20-35(50)38-45-31-15-12-28(18-32(31)46-38)9-8-27-10-13-29(14-11-27)33-21-44-37(47-33)34-19-30(43)22-49(34)40(52)36(25(3)4)48-41(53)54-6/h10-15,18,21,24-26,30,34-36H,7,16-17,19-20,22-23H2,1-6H3,(H,44,47)(H,45,46)(H,48,53)/t26-,30+,34-,35-,36-,42-/m0/s1. The van der Waals surface area contributed by atoms with Crippen molar-refractivity contribution in [2.45, 2.75) is 90.2 Å². The Morgan fingerprint density at radius 1 is 0.964 bits per heavy atom. The Bertz CT molecular complexity index is 2110. The van der Waals surface area contributed by atoms with E-state index in [1.165, 1.54) is 12.0 Å². The van der Waals surface area contributed by atoms with Crippen LogP contribution in [-0.4, -0.2) is 92.3 Å². The molecule has 5 heterocycles. The number of hydrogen-bond acceptors (Lipinski definition) is 7. The minimum atomic E-state index is -1.21. The van der Waals surface area contributed by atoms with Crippen molar-refractivity contribution in [1.29, 1.82) is 0 Å². The highest BCUT2D eigenvalue weighted by atomic mass is 19.1. The molecule has 0 unspecified atom stereocenters. The molecule has 0 aliphatic carbocycles. The number of ether oxygens (including phenoxy) is 2. The Morgan fingerprint density at radius 2 is 1.71 bits per heavy atom. The van der Waals surface area contributed by atoms with Crippen molar-refractivity contribution in [1.82, 2.24) is 35.1 Å². The lowest BCUT2D eigenvalue weighted by Crippen LogP contribution is -2.51. The van der Waals surface area contributed by atoms with Crippen molar-refractivity contribution < 1.29 is 28.2 Å². The van der Waals surface area contributed by atoms with Crippen molar-refractivity contribution in [3.05, 3.63) is 71.4 Å². The highest BCUT2D eigenvalue weighted by Gasteiger charge is 2.50. The van der Waals surface area contributed by atoms with Crippen LogP contribution in [0.5, 0.6) is 0 Å². The molecule has 3 fully saturated rings.